The van der Waals surface area contributed by atoms with Gasteiger partial charge in [0.15, 0.2) is 0 Å². The molecule has 0 amide bonds. The summed E-state index contributed by atoms with van der Waals surface area (Å²) in [5, 5.41) is 1.02. The molecule has 0 saturated heterocycles. The van der Waals surface area contributed by atoms with Crippen LogP contribution >= 0.6 is 15.9 Å². The molecule has 0 spiro atoms. The van der Waals surface area contributed by atoms with Gasteiger partial charge in [0.2, 0.25) is 0 Å². The summed E-state index contributed by atoms with van der Waals surface area (Å²) in [6, 6.07) is 0.733. The van der Waals surface area contributed by atoms with Gasteiger partial charge in [0.05, 0.1) is 0 Å². The largest absolute Gasteiger partial charge is 0.352 e. The molecule has 3 nitrogen and oxygen atoms in total. The van der Waals surface area contributed by atoms with Crippen molar-refractivity contribution in [3.63, 3.8) is 0 Å². The first kappa shape index (κ1) is 10.5. The van der Waals surface area contributed by atoms with E-state index in [-0.39, 0.29) is 0 Å². The molecule has 1 saturated carbocycles. The van der Waals surface area contributed by atoms with E-state index in [0.717, 1.165) is 30.8 Å². The summed E-state index contributed by atoms with van der Waals surface area (Å²) in [5.74, 6) is 1.21. The first-order chi connectivity index (χ1) is 7.90. The predicted octanol–water partition coefficient (Wildman–Crippen LogP) is 2.33. The highest BCUT2D eigenvalue weighted by Crippen LogP contribution is 2.35. The van der Waals surface area contributed by atoms with E-state index < -0.39 is 0 Å². The standard InChI is InChI=1S/C12H16BrN3/c13-6-7-16(9-4-5-9)12-10-2-1-3-11(10)14-8-15-12/h8-9H,1-7H2. The van der Waals surface area contributed by atoms with Gasteiger partial charge >= 0.3 is 0 Å². The van der Waals surface area contributed by atoms with Crippen molar-refractivity contribution in [2.24, 2.45) is 0 Å². The van der Waals surface area contributed by atoms with Crippen molar-refractivity contribution in [2.45, 2.75) is 38.1 Å². The number of hydrogen-bond acceptors (Lipinski definition) is 3. The third-order valence-electron chi connectivity index (χ3n) is 3.44. The fourth-order valence-electron chi connectivity index (χ4n) is 2.53. The van der Waals surface area contributed by atoms with Gasteiger partial charge in [0.1, 0.15) is 12.1 Å². The molecule has 16 heavy (non-hydrogen) atoms. The smallest absolute Gasteiger partial charge is 0.135 e. The zero-order chi connectivity index (χ0) is 11.0. The molecule has 1 heterocycles. The molecule has 0 atom stereocenters. The van der Waals surface area contributed by atoms with Crippen molar-refractivity contribution in [2.75, 3.05) is 16.8 Å². The van der Waals surface area contributed by atoms with Crippen molar-refractivity contribution in [3.8, 4) is 0 Å². The van der Waals surface area contributed by atoms with E-state index in [1.165, 1.54) is 36.3 Å². The SMILES string of the molecule is BrCCN(c1ncnc2c1CCC2)C1CC1. The Balaban J connectivity index is 1.94. The lowest BCUT2D eigenvalue weighted by Crippen LogP contribution is -2.29. The Kier molecular flexibility index (Phi) is 2.84. The number of aryl methyl sites for hydroxylation is 1. The Morgan fingerprint density at radius 3 is 2.94 bits per heavy atom. The first-order valence-corrected chi connectivity index (χ1v) is 7.17. The lowest BCUT2D eigenvalue weighted by atomic mass is 10.2. The molecule has 1 fully saturated rings. The molecule has 0 bridgehead atoms. The highest BCUT2D eigenvalue weighted by Gasteiger charge is 2.32. The zero-order valence-electron chi connectivity index (χ0n) is 9.32. The molecule has 1 aromatic rings. The van der Waals surface area contributed by atoms with Crippen LogP contribution in [-0.4, -0.2) is 27.9 Å². The minimum atomic E-state index is 0.733. The number of nitrogens with zero attached hydrogens (tertiary/aromatic N) is 3. The second-order valence-electron chi connectivity index (χ2n) is 4.59. The van der Waals surface area contributed by atoms with E-state index in [1.54, 1.807) is 6.33 Å². The fraction of sp³-hybridized carbons (Fsp3) is 0.667. The predicted molar refractivity (Wildman–Crippen MR) is 68.2 cm³/mol. The highest BCUT2D eigenvalue weighted by atomic mass is 79.9. The topological polar surface area (TPSA) is 29.0 Å². The fourth-order valence-corrected chi connectivity index (χ4v) is 2.91. The Morgan fingerprint density at radius 1 is 1.31 bits per heavy atom. The lowest BCUT2D eigenvalue weighted by molar-refractivity contribution is 0.801. The van der Waals surface area contributed by atoms with Gasteiger partial charge in [0.25, 0.3) is 0 Å². The van der Waals surface area contributed by atoms with E-state index in [4.69, 9.17) is 0 Å². The minimum Gasteiger partial charge on any atom is -0.352 e. The monoisotopic (exact) mass is 281 g/mol. The van der Waals surface area contributed by atoms with Crippen LogP contribution in [0.15, 0.2) is 6.33 Å². The molecule has 0 unspecified atom stereocenters. The van der Waals surface area contributed by atoms with Crippen LogP contribution in [0.2, 0.25) is 0 Å². The molecular weight excluding hydrogens is 266 g/mol. The minimum absolute atomic E-state index is 0.733. The molecule has 0 radical (unpaired) electrons. The quantitative estimate of drug-likeness (QED) is 0.794. The van der Waals surface area contributed by atoms with E-state index in [2.05, 4.69) is 30.8 Å². The Bertz CT molecular complexity index is 390. The Morgan fingerprint density at radius 2 is 2.19 bits per heavy atom. The summed E-state index contributed by atoms with van der Waals surface area (Å²) in [4.78, 5) is 11.4. The number of fused-ring (bicyclic) bond motifs is 1. The molecule has 86 valence electrons. The van der Waals surface area contributed by atoms with Crippen LogP contribution in [0.25, 0.3) is 0 Å². The highest BCUT2D eigenvalue weighted by molar-refractivity contribution is 9.09. The number of hydrogen-bond donors (Lipinski definition) is 0. The van der Waals surface area contributed by atoms with Gasteiger partial charge in [-0.3, -0.25) is 0 Å². The number of halogens is 1. The summed E-state index contributed by atoms with van der Waals surface area (Å²) in [6.07, 6.45) is 7.93. The Hall–Kier alpha value is -0.640. The van der Waals surface area contributed by atoms with Crippen LogP contribution < -0.4 is 4.90 Å². The second kappa shape index (κ2) is 4.32. The first-order valence-electron chi connectivity index (χ1n) is 6.05. The van der Waals surface area contributed by atoms with E-state index >= 15 is 0 Å². The summed E-state index contributed by atoms with van der Waals surface area (Å²) < 4.78 is 0. The van der Waals surface area contributed by atoms with Gasteiger partial charge in [-0.25, -0.2) is 9.97 Å². The molecule has 4 heteroatoms. The van der Waals surface area contributed by atoms with Gasteiger partial charge in [0, 0.05) is 29.2 Å². The van der Waals surface area contributed by atoms with Crippen LogP contribution in [0.5, 0.6) is 0 Å². The molecular formula is C12H16BrN3. The average molecular weight is 282 g/mol. The summed E-state index contributed by atoms with van der Waals surface area (Å²) >= 11 is 3.54. The molecule has 0 aromatic carbocycles. The number of aromatic nitrogens is 2. The maximum absolute atomic E-state index is 4.52. The average Bonchev–Trinajstić information content (AvgIpc) is 3.02. The van der Waals surface area contributed by atoms with Crippen molar-refractivity contribution >= 4 is 21.7 Å². The van der Waals surface area contributed by atoms with Crippen LogP contribution in [-0.2, 0) is 12.8 Å². The summed E-state index contributed by atoms with van der Waals surface area (Å²) in [7, 11) is 0. The van der Waals surface area contributed by atoms with Crippen LogP contribution in [0, 0.1) is 0 Å². The summed E-state index contributed by atoms with van der Waals surface area (Å²) in [6.45, 7) is 1.06. The van der Waals surface area contributed by atoms with Crippen LogP contribution in [0.4, 0.5) is 5.82 Å². The maximum atomic E-state index is 4.52. The molecule has 2 aliphatic carbocycles. The molecule has 0 aliphatic heterocycles. The second-order valence-corrected chi connectivity index (χ2v) is 5.38. The van der Waals surface area contributed by atoms with E-state index in [0.29, 0.717) is 0 Å². The normalized spacial score (nSPS) is 18.6. The molecule has 2 aliphatic rings. The van der Waals surface area contributed by atoms with Crippen molar-refractivity contribution < 1.29 is 0 Å². The van der Waals surface area contributed by atoms with Crippen molar-refractivity contribution in [3.05, 3.63) is 17.6 Å². The number of alkyl halides is 1. The third kappa shape index (κ3) is 1.83. The van der Waals surface area contributed by atoms with Crippen LogP contribution in [0.1, 0.15) is 30.5 Å². The number of anilines is 1. The summed E-state index contributed by atoms with van der Waals surface area (Å²) in [5.41, 5.74) is 2.69. The van der Waals surface area contributed by atoms with Gasteiger partial charge in [-0.1, -0.05) is 15.9 Å². The lowest BCUT2D eigenvalue weighted by Gasteiger charge is -2.24. The zero-order valence-corrected chi connectivity index (χ0v) is 10.9. The third-order valence-corrected chi connectivity index (χ3v) is 3.79. The van der Waals surface area contributed by atoms with Gasteiger partial charge in [-0.05, 0) is 32.1 Å². The van der Waals surface area contributed by atoms with Crippen molar-refractivity contribution in [1.82, 2.24) is 9.97 Å². The maximum Gasteiger partial charge on any atom is 0.135 e. The molecule has 0 N–H and O–H groups in total. The Labute approximate surface area is 104 Å². The van der Waals surface area contributed by atoms with E-state index in [1.807, 2.05) is 0 Å². The molecule has 1 aromatic heterocycles. The van der Waals surface area contributed by atoms with Gasteiger partial charge in [-0.2, -0.15) is 0 Å². The number of rotatable bonds is 4. The van der Waals surface area contributed by atoms with Gasteiger partial charge < -0.3 is 4.90 Å². The van der Waals surface area contributed by atoms with Crippen LogP contribution in [0.3, 0.4) is 0 Å². The van der Waals surface area contributed by atoms with Crippen molar-refractivity contribution in [1.29, 1.82) is 0 Å². The van der Waals surface area contributed by atoms with Gasteiger partial charge in [-0.15, -0.1) is 0 Å². The van der Waals surface area contributed by atoms with E-state index in [9.17, 15) is 0 Å². The molecule has 3 rings (SSSR count).